The Morgan fingerprint density at radius 3 is 2.64 bits per heavy atom. The molecule has 1 atom stereocenters. The van der Waals surface area contributed by atoms with Crippen LogP contribution in [0.25, 0.3) is 0 Å². The molecule has 2 N–H and O–H groups in total. The fraction of sp³-hybridized carbons (Fsp3) is 0.400. The Bertz CT molecular complexity index is 162. The van der Waals surface area contributed by atoms with E-state index >= 15 is 0 Å². The zero-order valence-corrected chi connectivity index (χ0v) is 7.38. The Labute approximate surface area is 69.3 Å². The molecule has 11 heavy (non-hydrogen) atoms. The van der Waals surface area contributed by atoms with E-state index in [0.717, 1.165) is 12.1 Å². The van der Waals surface area contributed by atoms with Crippen molar-refractivity contribution in [3.05, 3.63) is 36.6 Å². The Kier molecular flexibility index (Phi) is 5.26. The molecule has 0 fully saturated rings. The Balaban J connectivity index is 4.06. The van der Waals surface area contributed by atoms with Crippen LogP contribution in [0, 0.1) is 5.92 Å². The van der Waals surface area contributed by atoms with Gasteiger partial charge in [0.2, 0.25) is 0 Å². The maximum Gasteiger partial charge on any atom is 0.00143 e. The van der Waals surface area contributed by atoms with Crippen molar-refractivity contribution in [3.8, 4) is 0 Å². The molecule has 0 rings (SSSR count). The van der Waals surface area contributed by atoms with Crippen LogP contribution in [-0.4, -0.2) is 0 Å². The molecule has 0 spiro atoms. The number of nitrogens with two attached hydrogens (primary N) is 1. The van der Waals surface area contributed by atoms with Gasteiger partial charge in [-0.3, -0.25) is 0 Å². The molecule has 0 bridgehead atoms. The second-order valence-corrected chi connectivity index (χ2v) is 2.60. The van der Waals surface area contributed by atoms with Crippen molar-refractivity contribution in [1.82, 2.24) is 0 Å². The molecule has 0 radical (unpaired) electrons. The number of rotatable bonds is 4. The van der Waals surface area contributed by atoms with Gasteiger partial charge in [0, 0.05) is 5.70 Å². The fourth-order valence-corrected chi connectivity index (χ4v) is 0.868. The summed E-state index contributed by atoms with van der Waals surface area (Å²) in [5.74, 6) is 0.456. The molecular formula is C10H17N. The van der Waals surface area contributed by atoms with E-state index in [0.29, 0.717) is 5.92 Å². The highest BCUT2D eigenvalue weighted by Crippen LogP contribution is 2.07. The van der Waals surface area contributed by atoms with E-state index in [1.54, 1.807) is 6.08 Å². The second kappa shape index (κ2) is 5.78. The van der Waals surface area contributed by atoms with E-state index in [-0.39, 0.29) is 0 Å². The minimum absolute atomic E-state index is 0.456. The molecule has 0 heterocycles. The first-order valence-electron chi connectivity index (χ1n) is 3.93. The molecule has 1 nitrogen and oxygen atoms in total. The van der Waals surface area contributed by atoms with Crippen LogP contribution in [0.5, 0.6) is 0 Å². The Morgan fingerprint density at radius 1 is 1.64 bits per heavy atom. The van der Waals surface area contributed by atoms with Crippen molar-refractivity contribution in [2.75, 3.05) is 0 Å². The summed E-state index contributed by atoms with van der Waals surface area (Å²) >= 11 is 0. The topological polar surface area (TPSA) is 26.0 Å². The first-order chi connectivity index (χ1) is 5.20. The van der Waals surface area contributed by atoms with Crippen molar-refractivity contribution < 1.29 is 0 Å². The smallest absolute Gasteiger partial charge is 0.00143 e. The van der Waals surface area contributed by atoms with Crippen molar-refractivity contribution in [2.45, 2.75) is 20.3 Å². The molecule has 0 aromatic rings. The lowest BCUT2D eigenvalue weighted by Crippen LogP contribution is -1.96. The minimum atomic E-state index is 0.456. The monoisotopic (exact) mass is 151 g/mol. The van der Waals surface area contributed by atoms with Gasteiger partial charge in [0.15, 0.2) is 0 Å². The van der Waals surface area contributed by atoms with E-state index < -0.39 is 0 Å². The molecule has 0 saturated carbocycles. The highest BCUT2D eigenvalue weighted by atomic mass is 14.5. The van der Waals surface area contributed by atoms with Crippen LogP contribution in [0.15, 0.2) is 36.6 Å². The number of allylic oxidation sites excluding steroid dienone is 5. The summed E-state index contributed by atoms with van der Waals surface area (Å²) in [6, 6.07) is 0. The maximum absolute atomic E-state index is 5.54. The molecule has 62 valence electrons. The molecule has 0 aliphatic rings. The third-order valence-electron chi connectivity index (χ3n) is 1.44. The number of hydrogen-bond donors (Lipinski definition) is 1. The quantitative estimate of drug-likeness (QED) is 0.614. The van der Waals surface area contributed by atoms with E-state index in [2.05, 4.69) is 25.7 Å². The first-order valence-corrected chi connectivity index (χ1v) is 3.93. The summed E-state index contributed by atoms with van der Waals surface area (Å²) in [6.07, 6.45) is 8.97. The third kappa shape index (κ3) is 5.46. The number of hydrogen-bond acceptors (Lipinski definition) is 1. The standard InChI is InChI=1S/C10H17N/c1-4-6-7-10(5-2)8-9(3)11/h4,6-8,10H,1,5,11H2,2-3H3/b7-6-,9-8+. The molecule has 0 aliphatic heterocycles. The highest BCUT2D eigenvalue weighted by molar-refractivity contribution is 5.08. The third-order valence-corrected chi connectivity index (χ3v) is 1.44. The van der Waals surface area contributed by atoms with Gasteiger partial charge in [0.1, 0.15) is 0 Å². The van der Waals surface area contributed by atoms with Crippen molar-refractivity contribution in [1.29, 1.82) is 0 Å². The predicted octanol–water partition coefficient (Wildman–Crippen LogP) is 2.62. The van der Waals surface area contributed by atoms with Gasteiger partial charge in [-0.2, -0.15) is 0 Å². The maximum atomic E-state index is 5.54. The van der Waals surface area contributed by atoms with Crippen molar-refractivity contribution >= 4 is 0 Å². The van der Waals surface area contributed by atoms with Crippen LogP contribution in [-0.2, 0) is 0 Å². The van der Waals surface area contributed by atoms with Gasteiger partial charge in [-0.25, -0.2) is 0 Å². The lowest BCUT2D eigenvalue weighted by molar-refractivity contribution is 0.766. The fourth-order valence-electron chi connectivity index (χ4n) is 0.868. The average molecular weight is 151 g/mol. The highest BCUT2D eigenvalue weighted by Gasteiger charge is 1.94. The first kappa shape index (κ1) is 10.0. The molecule has 1 unspecified atom stereocenters. The molecule has 0 aliphatic carbocycles. The summed E-state index contributed by atoms with van der Waals surface area (Å²) < 4.78 is 0. The van der Waals surface area contributed by atoms with Gasteiger partial charge < -0.3 is 5.73 Å². The van der Waals surface area contributed by atoms with Gasteiger partial charge in [-0.05, 0) is 19.3 Å². The lowest BCUT2D eigenvalue weighted by Gasteiger charge is -2.02. The Morgan fingerprint density at radius 2 is 2.27 bits per heavy atom. The Hall–Kier alpha value is -0.980. The predicted molar refractivity (Wildman–Crippen MR) is 51.1 cm³/mol. The van der Waals surface area contributed by atoms with Gasteiger partial charge in [0.05, 0.1) is 0 Å². The molecule has 0 amide bonds. The van der Waals surface area contributed by atoms with Gasteiger partial charge in [-0.1, -0.05) is 37.8 Å². The average Bonchev–Trinajstić information content (AvgIpc) is 1.97. The normalized spacial score (nSPS) is 15.3. The molecule has 0 saturated heterocycles. The van der Waals surface area contributed by atoms with Crippen LogP contribution < -0.4 is 5.73 Å². The van der Waals surface area contributed by atoms with E-state index in [1.165, 1.54) is 0 Å². The second-order valence-electron chi connectivity index (χ2n) is 2.60. The van der Waals surface area contributed by atoms with E-state index in [4.69, 9.17) is 5.73 Å². The summed E-state index contributed by atoms with van der Waals surface area (Å²) in [7, 11) is 0. The van der Waals surface area contributed by atoms with Gasteiger partial charge in [0.25, 0.3) is 0 Å². The van der Waals surface area contributed by atoms with Crippen LogP contribution in [0.3, 0.4) is 0 Å². The summed E-state index contributed by atoms with van der Waals surface area (Å²) in [5, 5.41) is 0. The summed E-state index contributed by atoms with van der Waals surface area (Å²) in [4.78, 5) is 0. The van der Waals surface area contributed by atoms with Crippen molar-refractivity contribution in [2.24, 2.45) is 11.7 Å². The summed E-state index contributed by atoms with van der Waals surface area (Å²) in [6.45, 7) is 7.65. The minimum Gasteiger partial charge on any atom is -0.403 e. The van der Waals surface area contributed by atoms with Crippen LogP contribution >= 0.6 is 0 Å². The van der Waals surface area contributed by atoms with E-state index in [1.807, 2.05) is 13.0 Å². The van der Waals surface area contributed by atoms with Crippen molar-refractivity contribution in [3.63, 3.8) is 0 Å². The molecular weight excluding hydrogens is 134 g/mol. The largest absolute Gasteiger partial charge is 0.403 e. The SMILES string of the molecule is C=C/C=C\C(/C=C(\C)N)CC. The van der Waals surface area contributed by atoms with E-state index in [9.17, 15) is 0 Å². The zero-order valence-electron chi connectivity index (χ0n) is 7.38. The lowest BCUT2D eigenvalue weighted by atomic mass is 10.1. The van der Waals surface area contributed by atoms with Crippen LogP contribution in [0.4, 0.5) is 0 Å². The van der Waals surface area contributed by atoms with Crippen LogP contribution in [0.2, 0.25) is 0 Å². The molecule has 0 aromatic heterocycles. The van der Waals surface area contributed by atoms with Crippen LogP contribution in [0.1, 0.15) is 20.3 Å². The molecule has 1 heteroatoms. The summed E-state index contributed by atoms with van der Waals surface area (Å²) in [5.41, 5.74) is 6.42. The van der Waals surface area contributed by atoms with Gasteiger partial charge in [-0.15, -0.1) is 0 Å². The van der Waals surface area contributed by atoms with Gasteiger partial charge >= 0.3 is 0 Å². The zero-order chi connectivity index (χ0) is 8.69. The molecule has 0 aromatic carbocycles.